The molecule has 0 heteroatoms. The normalized spacial score (nSPS) is 15.4. The fourth-order valence-corrected chi connectivity index (χ4v) is 3.90. The van der Waals surface area contributed by atoms with Crippen molar-refractivity contribution in [3.8, 4) is 11.1 Å². The highest BCUT2D eigenvalue weighted by molar-refractivity contribution is 5.65. The minimum absolute atomic E-state index is 0.884. The van der Waals surface area contributed by atoms with Crippen molar-refractivity contribution >= 4 is 0 Å². The highest BCUT2D eigenvalue weighted by Crippen LogP contribution is 2.27. The van der Waals surface area contributed by atoms with Gasteiger partial charge < -0.3 is 0 Å². The summed E-state index contributed by atoms with van der Waals surface area (Å²) >= 11 is 0. The fourth-order valence-electron chi connectivity index (χ4n) is 3.90. The van der Waals surface area contributed by atoms with Gasteiger partial charge in [0.05, 0.1) is 0 Å². The molecule has 0 radical (unpaired) electrons. The van der Waals surface area contributed by atoms with Crippen molar-refractivity contribution in [3.63, 3.8) is 0 Å². The number of benzene rings is 3. The van der Waals surface area contributed by atoms with Crippen LogP contribution < -0.4 is 0 Å². The standard InChI is InChI=1S/C15H16.C13H18/c1-11-4-7-14(8-5-11)15-9-6-12(2)13(3)10-15;1-9-4-5-12-7-10(2)11(3)8-13(12)6-9/h4-10H,1-3H3;7-9H,4-6H2,1-3H3. The van der Waals surface area contributed by atoms with E-state index < -0.39 is 0 Å². The Morgan fingerprint density at radius 2 is 1.18 bits per heavy atom. The van der Waals surface area contributed by atoms with Crippen LogP contribution in [0.15, 0.2) is 54.6 Å². The summed E-state index contributed by atoms with van der Waals surface area (Å²) in [6.45, 7) is 13.2. The van der Waals surface area contributed by atoms with E-state index >= 15 is 0 Å². The van der Waals surface area contributed by atoms with E-state index in [4.69, 9.17) is 0 Å². The molecule has 0 bridgehead atoms. The zero-order valence-corrected chi connectivity index (χ0v) is 18.4. The largest absolute Gasteiger partial charge is 0.0622 e. The minimum atomic E-state index is 0.884. The van der Waals surface area contributed by atoms with Crippen LogP contribution in [-0.4, -0.2) is 0 Å². The molecule has 3 aromatic rings. The van der Waals surface area contributed by atoms with Gasteiger partial charge in [0.2, 0.25) is 0 Å². The van der Waals surface area contributed by atoms with Gasteiger partial charge in [-0.1, -0.05) is 67.1 Å². The number of rotatable bonds is 1. The van der Waals surface area contributed by atoms with Crippen molar-refractivity contribution in [2.24, 2.45) is 5.92 Å². The highest BCUT2D eigenvalue weighted by atomic mass is 14.2. The van der Waals surface area contributed by atoms with Crippen molar-refractivity contribution in [1.29, 1.82) is 0 Å². The second kappa shape index (κ2) is 8.78. The van der Waals surface area contributed by atoms with Gasteiger partial charge in [0.15, 0.2) is 0 Å². The molecule has 0 fully saturated rings. The predicted octanol–water partition coefficient (Wildman–Crippen LogP) is 7.71. The van der Waals surface area contributed by atoms with Crippen LogP contribution in [0.4, 0.5) is 0 Å². The van der Waals surface area contributed by atoms with Crippen LogP contribution in [0.3, 0.4) is 0 Å². The van der Waals surface area contributed by atoms with Gasteiger partial charge in [-0.15, -0.1) is 0 Å². The van der Waals surface area contributed by atoms with Gasteiger partial charge in [-0.3, -0.25) is 0 Å². The SMILES string of the molecule is Cc1cc2c(cc1C)CC(C)CC2.Cc1ccc(-c2ccc(C)c(C)c2)cc1. The Balaban J connectivity index is 0.000000162. The van der Waals surface area contributed by atoms with Crippen molar-refractivity contribution in [1.82, 2.24) is 0 Å². The van der Waals surface area contributed by atoms with Gasteiger partial charge >= 0.3 is 0 Å². The molecule has 3 aromatic carbocycles. The molecule has 28 heavy (non-hydrogen) atoms. The number of hydrogen-bond acceptors (Lipinski definition) is 0. The second-order valence-electron chi connectivity index (χ2n) is 8.72. The summed E-state index contributed by atoms with van der Waals surface area (Å²) in [6, 6.07) is 20.1. The summed E-state index contributed by atoms with van der Waals surface area (Å²) in [5, 5.41) is 0. The summed E-state index contributed by atoms with van der Waals surface area (Å²) in [5.41, 5.74) is 12.7. The first-order valence-electron chi connectivity index (χ1n) is 10.6. The van der Waals surface area contributed by atoms with E-state index in [9.17, 15) is 0 Å². The Morgan fingerprint density at radius 1 is 0.607 bits per heavy atom. The Morgan fingerprint density at radius 3 is 1.82 bits per heavy atom. The first-order chi connectivity index (χ1) is 13.3. The molecule has 146 valence electrons. The maximum atomic E-state index is 2.39. The van der Waals surface area contributed by atoms with Crippen LogP contribution >= 0.6 is 0 Å². The van der Waals surface area contributed by atoms with Crippen LogP contribution in [0, 0.1) is 40.5 Å². The first kappa shape index (κ1) is 20.4. The lowest BCUT2D eigenvalue weighted by Crippen LogP contribution is -2.11. The van der Waals surface area contributed by atoms with E-state index in [2.05, 4.69) is 96.1 Å². The monoisotopic (exact) mass is 370 g/mol. The van der Waals surface area contributed by atoms with Crippen molar-refractivity contribution < 1.29 is 0 Å². The Bertz CT molecular complexity index is 945. The molecule has 0 amide bonds. The molecule has 1 unspecified atom stereocenters. The van der Waals surface area contributed by atoms with Gasteiger partial charge in [0, 0.05) is 0 Å². The maximum Gasteiger partial charge on any atom is -0.0181 e. The molecular formula is C28H34. The third kappa shape index (κ3) is 4.93. The van der Waals surface area contributed by atoms with Gasteiger partial charge in [-0.05, 0) is 104 Å². The summed E-state index contributed by atoms with van der Waals surface area (Å²) in [7, 11) is 0. The average Bonchev–Trinajstić information content (AvgIpc) is 2.66. The van der Waals surface area contributed by atoms with Crippen molar-refractivity contribution in [2.75, 3.05) is 0 Å². The first-order valence-corrected chi connectivity index (χ1v) is 10.6. The van der Waals surface area contributed by atoms with E-state index in [1.54, 1.807) is 11.1 Å². The van der Waals surface area contributed by atoms with Gasteiger partial charge in [0.1, 0.15) is 0 Å². The maximum absolute atomic E-state index is 2.39. The zero-order chi connectivity index (χ0) is 20.3. The molecule has 1 aliphatic rings. The molecule has 0 heterocycles. The van der Waals surface area contributed by atoms with Crippen molar-refractivity contribution in [2.45, 2.75) is 60.8 Å². The summed E-state index contributed by atoms with van der Waals surface area (Å²) < 4.78 is 0. The molecule has 1 aliphatic carbocycles. The predicted molar refractivity (Wildman–Crippen MR) is 123 cm³/mol. The van der Waals surface area contributed by atoms with E-state index in [1.165, 1.54) is 58.2 Å². The average molecular weight is 371 g/mol. The van der Waals surface area contributed by atoms with Gasteiger partial charge in [-0.2, -0.15) is 0 Å². The summed E-state index contributed by atoms with van der Waals surface area (Å²) in [6.07, 6.45) is 3.95. The van der Waals surface area contributed by atoms with Crippen LogP contribution in [0.25, 0.3) is 11.1 Å². The molecule has 0 spiro atoms. The third-order valence-corrected chi connectivity index (χ3v) is 6.18. The molecular weight excluding hydrogens is 336 g/mol. The molecule has 0 saturated carbocycles. The summed E-state index contributed by atoms with van der Waals surface area (Å²) in [5.74, 6) is 0.884. The Kier molecular flexibility index (Phi) is 6.39. The smallest absolute Gasteiger partial charge is 0.0181 e. The molecule has 0 aliphatic heterocycles. The quantitative estimate of drug-likeness (QED) is 0.411. The highest BCUT2D eigenvalue weighted by Gasteiger charge is 2.15. The van der Waals surface area contributed by atoms with Gasteiger partial charge in [0.25, 0.3) is 0 Å². The zero-order valence-electron chi connectivity index (χ0n) is 18.4. The lowest BCUT2D eigenvalue weighted by atomic mass is 9.83. The molecule has 0 N–H and O–H groups in total. The van der Waals surface area contributed by atoms with Crippen LogP contribution in [0.2, 0.25) is 0 Å². The van der Waals surface area contributed by atoms with Crippen LogP contribution in [0.1, 0.15) is 52.3 Å². The summed E-state index contributed by atoms with van der Waals surface area (Å²) in [4.78, 5) is 0. The third-order valence-electron chi connectivity index (χ3n) is 6.18. The Labute approximate surface area is 171 Å². The topological polar surface area (TPSA) is 0 Å². The fraction of sp³-hybridized carbons (Fsp3) is 0.357. The molecule has 4 rings (SSSR count). The van der Waals surface area contributed by atoms with Crippen LogP contribution in [-0.2, 0) is 12.8 Å². The molecule has 0 aromatic heterocycles. The van der Waals surface area contributed by atoms with E-state index in [-0.39, 0.29) is 0 Å². The Hall–Kier alpha value is -2.34. The van der Waals surface area contributed by atoms with E-state index in [0.717, 1.165) is 5.92 Å². The minimum Gasteiger partial charge on any atom is -0.0622 e. The number of fused-ring (bicyclic) bond motifs is 1. The van der Waals surface area contributed by atoms with Gasteiger partial charge in [-0.25, -0.2) is 0 Å². The number of hydrogen-bond donors (Lipinski definition) is 0. The van der Waals surface area contributed by atoms with Crippen LogP contribution in [0.5, 0.6) is 0 Å². The molecule has 0 saturated heterocycles. The van der Waals surface area contributed by atoms with E-state index in [0.29, 0.717) is 0 Å². The second-order valence-corrected chi connectivity index (χ2v) is 8.72. The molecule has 1 atom stereocenters. The number of aryl methyl sites for hydroxylation is 6. The van der Waals surface area contributed by atoms with Crippen molar-refractivity contribution in [3.05, 3.63) is 93.5 Å². The lowest BCUT2D eigenvalue weighted by molar-refractivity contribution is 0.501. The van der Waals surface area contributed by atoms with E-state index in [1.807, 2.05) is 0 Å². The lowest BCUT2D eigenvalue weighted by Gasteiger charge is -2.22. The molecule has 0 nitrogen and oxygen atoms in total.